The maximum absolute atomic E-state index is 12.4. The Morgan fingerprint density at radius 1 is 1.10 bits per heavy atom. The summed E-state index contributed by atoms with van der Waals surface area (Å²) >= 11 is 2.96. The molecule has 6 heteroatoms. The zero-order chi connectivity index (χ0) is 15.1. The Bertz CT molecular complexity index is 817. The van der Waals surface area contributed by atoms with E-state index < -0.39 is 17.3 Å². The van der Waals surface area contributed by atoms with Crippen LogP contribution in [0.5, 0.6) is 0 Å². The highest BCUT2D eigenvalue weighted by molar-refractivity contribution is 9.12. The lowest BCUT2D eigenvalue weighted by atomic mass is 9.82. The predicted octanol–water partition coefficient (Wildman–Crippen LogP) is 2.51. The van der Waals surface area contributed by atoms with Gasteiger partial charge in [0.15, 0.2) is 5.78 Å². The first kappa shape index (κ1) is 13.8. The zero-order valence-corrected chi connectivity index (χ0v) is 12.1. The highest BCUT2D eigenvalue weighted by Crippen LogP contribution is 2.34. The number of furan rings is 1. The van der Waals surface area contributed by atoms with Crippen LogP contribution in [0, 0.1) is 0 Å². The molecule has 0 fully saturated rings. The Morgan fingerprint density at radius 3 is 2.43 bits per heavy atom. The van der Waals surface area contributed by atoms with E-state index in [1.807, 2.05) is 0 Å². The topological polar surface area (TPSA) is 64.3 Å². The van der Waals surface area contributed by atoms with Gasteiger partial charge in [0, 0.05) is 5.56 Å². The first-order chi connectivity index (χ1) is 10.0. The number of carbonyl (C=O) groups excluding carboxylic acids is 3. The summed E-state index contributed by atoms with van der Waals surface area (Å²) in [5, 5.41) is 0. The van der Waals surface area contributed by atoms with Crippen molar-refractivity contribution in [2.24, 2.45) is 0 Å². The molecule has 1 aromatic carbocycles. The number of carbonyl (C=O) groups is 3. The maximum Gasteiger partial charge on any atom is 0.240 e. The average molecular weight is 341 g/mol. The maximum atomic E-state index is 12.4. The van der Waals surface area contributed by atoms with Crippen molar-refractivity contribution in [3.63, 3.8) is 0 Å². The second-order valence-corrected chi connectivity index (χ2v) is 5.23. The van der Waals surface area contributed by atoms with Crippen LogP contribution in [0.4, 0.5) is 0 Å². The van der Waals surface area contributed by atoms with Crippen molar-refractivity contribution < 1.29 is 18.8 Å². The van der Waals surface area contributed by atoms with Gasteiger partial charge >= 0.3 is 0 Å². The van der Waals surface area contributed by atoms with E-state index in [4.69, 9.17) is 12.3 Å². The van der Waals surface area contributed by atoms with Gasteiger partial charge in [0.2, 0.25) is 11.6 Å². The third-order valence-electron chi connectivity index (χ3n) is 3.19. The fourth-order valence-corrected chi connectivity index (χ4v) is 2.49. The van der Waals surface area contributed by atoms with E-state index in [1.54, 1.807) is 30.3 Å². The predicted molar refractivity (Wildman–Crippen MR) is 79.5 cm³/mol. The molecule has 0 amide bonds. The molecule has 2 aromatic rings. The van der Waals surface area contributed by atoms with E-state index in [2.05, 4.69) is 15.9 Å². The first-order valence-corrected chi connectivity index (χ1v) is 6.77. The van der Waals surface area contributed by atoms with E-state index in [9.17, 15) is 14.4 Å². The summed E-state index contributed by atoms with van der Waals surface area (Å²) in [4.78, 5) is 36.4. The van der Waals surface area contributed by atoms with E-state index in [-0.39, 0.29) is 26.8 Å². The van der Waals surface area contributed by atoms with Gasteiger partial charge in [-0.15, -0.1) is 0 Å². The molecule has 0 aliphatic heterocycles. The normalized spacial score (nSPS) is 14.3. The number of ketones is 3. The van der Waals surface area contributed by atoms with Crippen molar-refractivity contribution in [2.75, 3.05) is 0 Å². The number of hydrogen-bond donors (Lipinski definition) is 0. The molecule has 4 nitrogen and oxygen atoms in total. The van der Waals surface area contributed by atoms with Crippen molar-refractivity contribution in [2.45, 2.75) is 0 Å². The molecule has 0 unspecified atom stereocenters. The number of halogens is 1. The lowest BCUT2D eigenvalue weighted by Gasteiger charge is -2.12. The smallest absolute Gasteiger partial charge is 0.240 e. The molecule has 0 bridgehead atoms. The quantitative estimate of drug-likeness (QED) is 0.478. The number of fused-ring (bicyclic) bond motifs is 1. The average Bonchev–Trinajstić information content (AvgIpc) is 2.96. The third-order valence-corrected chi connectivity index (χ3v) is 3.97. The molecule has 0 saturated heterocycles. The number of Topliss-reactive ketones (excluding diaryl/α,β-unsaturated/α-hetero) is 2. The molecule has 1 heterocycles. The fraction of sp³-hybridized carbons (Fsp3) is 0. The molecule has 1 aliphatic carbocycles. The van der Waals surface area contributed by atoms with Crippen LogP contribution in [0.2, 0.25) is 0 Å². The number of benzene rings is 1. The highest BCUT2D eigenvalue weighted by Gasteiger charge is 2.36. The monoisotopic (exact) mass is 340 g/mol. The van der Waals surface area contributed by atoms with E-state index in [0.717, 1.165) is 6.26 Å². The molecule has 0 N–H and O–H groups in total. The second kappa shape index (κ2) is 4.97. The van der Waals surface area contributed by atoms with Crippen molar-refractivity contribution >= 4 is 46.6 Å². The van der Waals surface area contributed by atoms with Crippen LogP contribution in [0.15, 0.2) is 45.5 Å². The Kier molecular flexibility index (Phi) is 3.25. The molecule has 0 atom stereocenters. The van der Waals surface area contributed by atoms with Gasteiger partial charge in [0.05, 0.1) is 15.6 Å². The molecule has 0 spiro atoms. The summed E-state index contributed by atoms with van der Waals surface area (Å²) in [6.07, 6.45) is 1.16. The summed E-state index contributed by atoms with van der Waals surface area (Å²) in [5.41, 5.74) is 0.377. The molecule has 100 valence electrons. The molecule has 1 aliphatic rings. The van der Waals surface area contributed by atoms with Gasteiger partial charge in [-0.1, -0.05) is 30.3 Å². The standard InChI is InChI=1S/C15H6BBrO4/c16-10-11(17)14(20)13(19)9-8(6-21-15(9)10)12(18)7-4-2-1-3-5-7/h1-6H. The Hall–Kier alpha value is -2.21. The van der Waals surface area contributed by atoms with Gasteiger partial charge in [-0.3, -0.25) is 14.4 Å². The van der Waals surface area contributed by atoms with Crippen LogP contribution in [-0.2, 0) is 4.79 Å². The summed E-state index contributed by atoms with van der Waals surface area (Å²) in [6, 6.07) is 8.42. The van der Waals surface area contributed by atoms with Crippen LogP contribution in [0.25, 0.3) is 5.47 Å². The van der Waals surface area contributed by atoms with E-state index in [0.29, 0.717) is 5.56 Å². The van der Waals surface area contributed by atoms with Crippen molar-refractivity contribution in [3.05, 3.63) is 63.5 Å². The molecule has 21 heavy (non-hydrogen) atoms. The van der Waals surface area contributed by atoms with Gasteiger partial charge in [-0.05, 0) is 21.4 Å². The largest absolute Gasteiger partial charge is 0.464 e. The summed E-state index contributed by atoms with van der Waals surface area (Å²) in [6.45, 7) is 0. The van der Waals surface area contributed by atoms with E-state index in [1.165, 1.54) is 0 Å². The van der Waals surface area contributed by atoms with Crippen LogP contribution >= 0.6 is 15.9 Å². The molecular weight excluding hydrogens is 335 g/mol. The zero-order valence-electron chi connectivity index (χ0n) is 10.6. The molecule has 1 aromatic heterocycles. The Morgan fingerprint density at radius 2 is 1.76 bits per heavy atom. The van der Waals surface area contributed by atoms with Gasteiger partial charge in [0.1, 0.15) is 19.9 Å². The number of hydrogen-bond acceptors (Lipinski definition) is 4. The lowest BCUT2D eigenvalue weighted by molar-refractivity contribution is -0.111. The minimum atomic E-state index is -0.806. The van der Waals surface area contributed by atoms with Gasteiger partial charge in [0.25, 0.3) is 0 Å². The van der Waals surface area contributed by atoms with Crippen LogP contribution in [0.3, 0.4) is 0 Å². The second-order valence-electron chi connectivity index (χ2n) is 4.43. The highest BCUT2D eigenvalue weighted by atomic mass is 79.9. The SMILES string of the molecule is [B]C1=C(Br)C(=O)C(=O)c2c(C(=O)c3ccccc3)coc21. The lowest BCUT2D eigenvalue weighted by Crippen LogP contribution is -2.23. The Labute approximate surface area is 129 Å². The van der Waals surface area contributed by atoms with Crippen molar-refractivity contribution in [3.8, 4) is 0 Å². The molecular formula is C15H6BBrO4. The summed E-state index contributed by atoms with van der Waals surface area (Å²) in [5.74, 6) is -1.94. The molecule has 2 radical (unpaired) electrons. The Balaban J connectivity index is 2.18. The fourth-order valence-electron chi connectivity index (χ4n) is 2.13. The van der Waals surface area contributed by atoms with Crippen LogP contribution in [0.1, 0.15) is 32.0 Å². The molecule has 0 saturated carbocycles. The summed E-state index contributed by atoms with van der Waals surface area (Å²) in [7, 11) is 5.75. The van der Waals surface area contributed by atoms with Gasteiger partial charge < -0.3 is 4.42 Å². The third kappa shape index (κ3) is 2.03. The first-order valence-electron chi connectivity index (χ1n) is 5.98. The van der Waals surface area contributed by atoms with Crippen LogP contribution < -0.4 is 0 Å². The summed E-state index contributed by atoms with van der Waals surface area (Å²) < 4.78 is 5.18. The van der Waals surface area contributed by atoms with Crippen molar-refractivity contribution in [1.29, 1.82) is 0 Å². The molecule has 3 rings (SSSR count). The van der Waals surface area contributed by atoms with Gasteiger partial charge in [-0.25, -0.2) is 0 Å². The number of allylic oxidation sites excluding steroid dienone is 1. The number of rotatable bonds is 2. The van der Waals surface area contributed by atoms with Crippen molar-refractivity contribution in [1.82, 2.24) is 0 Å². The van der Waals surface area contributed by atoms with Crippen LogP contribution in [-0.4, -0.2) is 25.2 Å². The minimum absolute atomic E-state index is 0.0155. The van der Waals surface area contributed by atoms with Gasteiger partial charge in [-0.2, -0.15) is 0 Å². The van der Waals surface area contributed by atoms with E-state index >= 15 is 0 Å². The minimum Gasteiger partial charge on any atom is -0.464 e.